The van der Waals surface area contributed by atoms with Crippen molar-refractivity contribution in [3.8, 4) is 0 Å². The Morgan fingerprint density at radius 2 is 1.52 bits per heavy atom. The predicted octanol–water partition coefficient (Wildman–Crippen LogP) is 2.56. The van der Waals surface area contributed by atoms with Crippen LogP contribution in [0.25, 0.3) is 0 Å². The van der Waals surface area contributed by atoms with E-state index in [1.165, 1.54) is 0 Å². The third-order valence-electron chi connectivity index (χ3n) is 4.44. The van der Waals surface area contributed by atoms with Crippen molar-refractivity contribution in [1.82, 2.24) is 5.32 Å². The highest BCUT2D eigenvalue weighted by atomic mass is 16.4. The zero-order chi connectivity index (χ0) is 16.3. The van der Waals surface area contributed by atoms with Gasteiger partial charge in [0.25, 0.3) is 0 Å². The lowest BCUT2D eigenvalue weighted by Crippen LogP contribution is -2.43. The van der Waals surface area contributed by atoms with Gasteiger partial charge >= 0.3 is 5.97 Å². The van der Waals surface area contributed by atoms with E-state index in [2.05, 4.69) is 5.32 Å². The van der Waals surface area contributed by atoms with Gasteiger partial charge in [0, 0.05) is 6.54 Å². The van der Waals surface area contributed by atoms with E-state index in [0.29, 0.717) is 19.4 Å². The Hall–Kier alpha value is -2.62. The highest BCUT2D eigenvalue weighted by molar-refractivity contribution is 5.88. The quantitative estimate of drug-likeness (QED) is 0.892. The number of aliphatic carboxylic acids is 1. The Morgan fingerprint density at radius 3 is 2.09 bits per heavy atom. The maximum absolute atomic E-state index is 12.8. The summed E-state index contributed by atoms with van der Waals surface area (Å²) < 4.78 is 0. The first-order chi connectivity index (χ1) is 11.1. The number of amides is 1. The molecule has 0 saturated carbocycles. The van der Waals surface area contributed by atoms with Gasteiger partial charge in [-0.15, -0.1) is 0 Å². The molecule has 118 valence electrons. The van der Waals surface area contributed by atoms with Gasteiger partial charge in [0.1, 0.15) is 0 Å². The molecular formula is C19H19NO3. The van der Waals surface area contributed by atoms with E-state index in [1.54, 1.807) is 0 Å². The van der Waals surface area contributed by atoms with Gasteiger partial charge in [-0.05, 0) is 29.5 Å². The standard InChI is InChI=1S/C19H19NO3/c21-17(22)12-19(10-15-8-4-5-9-16(15)11-19)18(23)20-13-14-6-2-1-3-7-14/h1-9H,10-13H2,(H,20,23)(H,21,22). The summed E-state index contributed by atoms with van der Waals surface area (Å²) in [6.07, 6.45) is 0.814. The topological polar surface area (TPSA) is 66.4 Å². The predicted molar refractivity (Wildman–Crippen MR) is 86.8 cm³/mol. The van der Waals surface area contributed by atoms with E-state index >= 15 is 0 Å². The summed E-state index contributed by atoms with van der Waals surface area (Å²) >= 11 is 0. The first-order valence-corrected chi connectivity index (χ1v) is 7.70. The molecule has 23 heavy (non-hydrogen) atoms. The fourth-order valence-electron chi connectivity index (χ4n) is 3.32. The molecule has 0 heterocycles. The largest absolute Gasteiger partial charge is 0.481 e. The lowest BCUT2D eigenvalue weighted by molar-refractivity contribution is -0.145. The lowest BCUT2D eigenvalue weighted by atomic mass is 9.80. The number of benzene rings is 2. The van der Waals surface area contributed by atoms with Gasteiger partial charge in [-0.1, -0.05) is 54.6 Å². The molecule has 0 aliphatic heterocycles. The molecule has 0 spiro atoms. The number of carbonyl (C=O) groups excluding carboxylic acids is 1. The van der Waals surface area contributed by atoms with Crippen LogP contribution in [0.4, 0.5) is 0 Å². The molecule has 0 aromatic heterocycles. The van der Waals surface area contributed by atoms with E-state index in [0.717, 1.165) is 16.7 Å². The number of hydrogen-bond donors (Lipinski definition) is 2. The van der Waals surface area contributed by atoms with Crippen LogP contribution in [-0.2, 0) is 29.0 Å². The maximum Gasteiger partial charge on any atom is 0.304 e. The van der Waals surface area contributed by atoms with E-state index < -0.39 is 11.4 Å². The van der Waals surface area contributed by atoms with Crippen LogP contribution in [0.1, 0.15) is 23.1 Å². The van der Waals surface area contributed by atoms with Crippen molar-refractivity contribution in [3.05, 3.63) is 71.3 Å². The number of nitrogens with one attached hydrogen (secondary N) is 1. The second-order valence-electron chi connectivity index (χ2n) is 6.14. The van der Waals surface area contributed by atoms with E-state index in [1.807, 2.05) is 54.6 Å². The average Bonchev–Trinajstić information content (AvgIpc) is 2.92. The van der Waals surface area contributed by atoms with Crippen LogP contribution in [-0.4, -0.2) is 17.0 Å². The normalized spacial score (nSPS) is 15.0. The Morgan fingerprint density at radius 1 is 0.957 bits per heavy atom. The fraction of sp³-hybridized carbons (Fsp3) is 0.263. The molecule has 0 atom stereocenters. The van der Waals surface area contributed by atoms with Crippen LogP contribution >= 0.6 is 0 Å². The third kappa shape index (κ3) is 3.26. The molecule has 0 fully saturated rings. The Labute approximate surface area is 135 Å². The van der Waals surface area contributed by atoms with Gasteiger partial charge in [-0.2, -0.15) is 0 Å². The number of carboxylic acid groups (broad SMARTS) is 1. The maximum atomic E-state index is 12.8. The molecule has 1 amide bonds. The molecular weight excluding hydrogens is 290 g/mol. The van der Waals surface area contributed by atoms with Crippen LogP contribution in [0.2, 0.25) is 0 Å². The smallest absolute Gasteiger partial charge is 0.304 e. The highest BCUT2D eigenvalue weighted by Gasteiger charge is 2.45. The number of fused-ring (bicyclic) bond motifs is 1. The van der Waals surface area contributed by atoms with E-state index in [9.17, 15) is 14.7 Å². The molecule has 2 aromatic rings. The van der Waals surface area contributed by atoms with E-state index in [-0.39, 0.29) is 12.3 Å². The molecule has 0 saturated heterocycles. The molecule has 0 unspecified atom stereocenters. The second kappa shape index (κ2) is 6.24. The monoisotopic (exact) mass is 309 g/mol. The van der Waals surface area contributed by atoms with Gasteiger partial charge in [0.2, 0.25) is 5.91 Å². The van der Waals surface area contributed by atoms with Gasteiger partial charge in [0.15, 0.2) is 0 Å². The first-order valence-electron chi connectivity index (χ1n) is 7.70. The highest BCUT2D eigenvalue weighted by Crippen LogP contribution is 2.40. The lowest BCUT2D eigenvalue weighted by Gasteiger charge is -2.26. The summed E-state index contributed by atoms with van der Waals surface area (Å²) in [5.74, 6) is -1.12. The Balaban J connectivity index is 1.77. The van der Waals surface area contributed by atoms with Crippen molar-refractivity contribution in [2.75, 3.05) is 0 Å². The molecule has 0 bridgehead atoms. The van der Waals surface area contributed by atoms with Crippen molar-refractivity contribution in [3.63, 3.8) is 0 Å². The van der Waals surface area contributed by atoms with Crippen molar-refractivity contribution in [2.24, 2.45) is 5.41 Å². The minimum Gasteiger partial charge on any atom is -0.481 e. The molecule has 2 aromatic carbocycles. The van der Waals surface area contributed by atoms with Crippen molar-refractivity contribution < 1.29 is 14.7 Å². The van der Waals surface area contributed by atoms with Crippen LogP contribution < -0.4 is 5.32 Å². The molecule has 3 rings (SSSR count). The average molecular weight is 309 g/mol. The molecule has 0 radical (unpaired) electrons. The third-order valence-corrected chi connectivity index (χ3v) is 4.44. The summed E-state index contributed by atoms with van der Waals surface area (Å²) in [7, 11) is 0. The van der Waals surface area contributed by atoms with Crippen LogP contribution in [0.5, 0.6) is 0 Å². The summed E-state index contributed by atoms with van der Waals surface area (Å²) in [5.41, 5.74) is 2.26. The Kier molecular flexibility index (Phi) is 4.15. The van der Waals surface area contributed by atoms with Gasteiger partial charge in [0.05, 0.1) is 11.8 Å². The van der Waals surface area contributed by atoms with Gasteiger partial charge in [-0.25, -0.2) is 0 Å². The number of carbonyl (C=O) groups is 2. The minimum atomic E-state index is -0.937. The van der Waals surface area contributed by atoms with E-state index in [4.69, 9.17) is 0 Å². The van der Waals surface area contributed by atoms with Gasteiger partial charge in [-0.3, -0.25) is 9.59 Å². The summed E-state index contributed by atoms with van der Waals surface area (Å²) in [5, 5.41) is 12.2. The number of rotatable bonds is 5. The second-order valence-corrected chi connectivity index (χ2v) is 6.14. The van der Waals surface area contributed by atoms with Crippen LogP contribution in [0.15, 0.2) is 54.6 Å². The number of carboxylic acids is 1. The first kappa shape index (κ1) is 15.3. The number of hydrogen-bond acceptors (Lipinski definition) is 2. The summed E-state index contributed by atoms with van der Waals surface area (Å²) in [6, 6.07) is 17.4. The molecule has 1 aliphatic rings. The minimum absolute atomic E-state index is 0.150. The SMILES string of the molecule is O=C(O)CC1(C(=O)NCc2ccccc2)Cc2ccccc2C1. The fourth-order valence-corrected chi connectivity index (χ4v) is 3.32. The van der Waals surface area contributed by atoms with Crippen molar-refractivity contribution in [2.45, 2.75) is 25.8 Å². The van der Waals surface area contributed by atoms with Crippen LogP contribution in [0, 0.1) is 5.41 Å². The molecule has 4 heteroatoms. The Bertz CT molecular complexity index is 699. The zero-order valence-electron chi connectivity index (χ0n) is 12.8. The molecule has 2 N–H and O–H groups in total. The zero-order valence-corrected chi connectivity index (χ0v) is 12.8. The van der Waals surface area contributed by atoms with Crippen LogP contribution in [0.3, 0.4) is 0 Å². The summed E-state index contributed by atoms with van der Waals surface area (Å²) in [6.45, 7) is 0.414. The summed E-state index contributed by atoms with van der Waals surface area (Å²) in [4.78, 5) is 24.1. The van der Waals surface area contributed by atoms with Crippen molar-refractivity contribution in [1.29, 1.82) is 0 Å². The molecule has 4 nitrogen and oxygen atoms in total. The van der Waals surface area contributed by atoms with Gasteiger partial charge < -0.3 is 10.4 Å². The van der Waals surface area contributed by atoms with Crippen molar-refractivity contribution >= 4 is 11.9 Å². The molecule has 1 aliphatic carbocycles.